The lowest BCUT2D eigenvalue weighted by molar-refractivity contribution is -0.153. The molecule has 2 fully saturated rings. The van der Waals surface area contributed by atoms with Gasteiger partial charge in [-0.1, -0.05) is 25.7 Å². The second-order valence-electron chi connectivity index (χ2n) is 5.85. The molecule has 5 heteroatoms. The minimum Gasteiger partial charge on any atom is -0.481 e. The molecular weight excluding hydrogens is 244 g/mol. The van der Waals surface area contributed by atoms with Crippen LogP contribution < -0.4 is 5.32 Å². The number of carbonyl (C=O) groups is 2. The van der Waals surface area contributed by atoms with Crippen molar-refractivity contribution in [1.82, 2.24) is 10.2 Å². The maximum Gasteiger partial charge on any atom is 0.317 e. The van der Waals surface area contributed by atoms with Crippen molar-refractivity contribution in [3.8, 4) is 0 Å². The van der Waals surface area contributed by atoms with Crippen molar-refractivity contribution in [3.05, 3.63) is 0 Å². The third kappa shape index (κ3) is 3.39. The van der Waals surface area contributed by atoms with Gasteiger partial charge in [0.2, 0.25) is 0 Å². The summed E-state index contributed by atoms with van der Waals surface area (Å²) in [6.07, 6.45) is 8.05. The third-order valence-electron chi connectivity index (χ3n) is 4.49. The number of carbonyl (C=O) groups excluding carboxylic acids is 1. The fourth-order valence-corrected chi connectivity index (χ4v) is 2.88. The van der Waals surface area contributed by atoms with Gasteiger partial charge in [-0.3, -0.25) is 4.79 Å². The molecule has 0 aromatic heterocycles. The summed E-state index contributed by atoms with van der Waals surface area (Å²) >= 11 is 0. The minimum absolute atomic E-state index is 0.0885. The molecule has 1 heterocycles. The maximum atomic E-state index is 12.1. The predicted octanol–water partition coefficient (Wildman–Crippen LogP) is 2.22. The molecule has 2 amide bonds. The Balaban J connectivity index is 1.81. The van der Waals surface area contributed by atoms with E-state index in [2.05, 4.69) is 5.32 Å². The summed E-state index contributed by atoms with van der Waals surface area (Å²) < 4.78 is 0. The summed E-state index contributed by atoms with van der Waals surface area (Å²) in [5.41, 5.74) is -0.696. The van der Waals surface area contributed by atoms with E-state index in [1.54, 1.807) is 0 Å². The van der Waals surface area contributed by atoms with Gasteiger partial charge in [-0.05, 0) is 25.7 Å². The number of rotatable bonds is 3. The lowest BCUT2D eigenvalue weighted by Crippen LogP contribution is -2.51. The van der Waals surface area contributed by atoms with Crippen LogP contribution in [-0.2, 0) is 4.79 Å². The Bertz CT molecular complexity index is 332. The van der Waals surface area contributed by atoms with Crippen LogP contribution >= 0.6 is 0 Å². The van der Waals surface area contributed by atoms with E-state index in [1.807, 2.05) is 4.90 Å². The summed E-state index contributed by atoms with van der Waals surface area (Å²) in [4.78, 5) is 25.2. The maximum absolute atomic E-state index is 12.1. The first-order valence-corrected chi connectivity index (χ1v) is 7.40. The van der Waals surface area contributed by atoms with Crippen LogP contribution in [0.15, 0.2) is 0 Å². The van der Waals surface area contributed by atoms with Gasteiger partial charge in [0.25, 0.3) is 0 Å². The van der Waals surface area contributed by atoms with Gasteiger partial charge in [-0.25, -0.2) is 4.79 Å². The zero-order valence-electron chi connectivity index (χ0n) is 11.5. The molecule has 108 valence electrons. The molecule has 2 rings (SSSR count). The van der Waals surface area contributed by atoms with Crippen molar-refractivity contribution in [2.45, 2.75) is 51.4 Å². The quantitative estimate of drug-likeness (QED) is 0.824. The molecule has 0 atom stereocenters. The summed E-state index contributed by atoms with van der Waals surface area (Å²) in [5.74, 6) is -0.772. The van der Waals surface area contributed by atoms with Crippen molar-refractivity contribution in [3.63, 3.8) is 0 Å². The Hall–Kier alpha value is -1.26. The standard InChI is InChI=1S/C14H24N2O3/c17-12(18)14(7-6-8-14)11-15-13(19)16-9-4-2-1-3-5-10-16/h1-11H2,(H,15,19)(H,17,18). The highest BCUT2D eigenvalue weighted by Gasteiger charge is 2.44. The Morgan fingerprint density at radius 3 is 2.05 bits per heavy atom. The number of hydrogen-bond acceptors (Lipinski definition) is 2. The van der Waals surface area contributed by atoms with E-state index >= 15 is 0 Å². The Labute approximate surface area is 114 Å². The highest BCUT2D eigenvalue weighted by molar-refractivity contribution is 5.78. The van der Waals surface area contributed by atoms with Crippen LogP contribution in [0.5, 0.6) is 0 Å². The van der Waals surface area contributed by atoms with Crippen molar-refractivity contribution in [1.29, 1.82) is 0 Å². The highest BCUT2D eigenvalue weighted by Crippen LogP contribution is 2.40. The van der Waals surface area contributed by atoms with Crippen LogP contribution in [0, 0.1) is 5.41 Å². The van der Waals surface area contributed by atoms with E-state index in [0.717, 1.165) is 32.4 Å². The van der Waals surface area contributed by atoms with Crippen molar-refractivity contribution in [2.75, 3.05) is 19.6 Å². The molecule has 0 unspecified atom stereocenters. The topological polar surface area (TPSA) is 69.6 Å². The molecule has 1 aliphatic carbocycles. The van der Waals surface area contributed by atoms with Gasteiger partial charge < -0.3 is 15.3 Å². The van der Waals surface area contributed by atoms with Gasteiger partial charge in [0, 0.05) is 19.6 Å². The molecule has 1 saturated heterocycles. The first-order chi connectivity index (χ1) is 9.14. The number of urea groups is 1. The average Bonchev–Trinajstić information content (AvgIpc) is 2.26. The van der Waals surface area contributed by atoms with Crippen LogP contribution in [0.1, 0.15) is 51.4 Å². The fourth-order valence-electron chi connectivity index (χ4n) is 2.88. The fraction of sp³-hybridized carbons (Fsp3) is 0.857. The van der Waals surface area contributed by atoms with E-state index in [1.165, 1.54) is 19.3 Å². The molecular formula is C14H24N2O3. The van der Waals surface area contributed by atoms with Crippen LogP contribution in [0.2, 0.25) is 0 Å². The van der Waals surface area contributed by atoms with Gasteiger partial charge in [0.05, 0.1) is 5.41 Å². The molecule has 19 heavy (non-hydrogen) atoms. The van der Waals surface area contributed by atoms with Gasteiger partial charge in [-0.15, -0.1) is 0 Å². The normalized spacial score (nSPS) is 22.8. The van der Waals surface area contributed by atoms with E-state index in [4.69, 9.17) is 0 Å². The number of hydrogen-bond donors (Lipinski definition) is 2. The average molecular weight is 268 g/mol. The Morgan fingerprint density at radius 1 is 1.00 bits per heavy atom. The number of nitrogens with zero attached hydrogens (tertiary/aromatic N) is 1. The van der Waals surface area contributed by atoms with Gasteiger partial charge in [0.1, 0.15) is 0 Å². The largest absolute Gasteiger partial charge is 0.481 e. The van der Waals surface area contributed by atoms with Gasteiger partial charge >= 0.3 is 12.0 Å². The highest BCUT2D eigenvalue weighted by atomic mass is 16.4. The van der Waals surface area contributed by atoms with Crippen molar-refractivity contribution >= 4 is 12.0 Å². The molecule has 1 saturated carbocycles. The molecule has 0 radical (unpaired) electrons. The number of likely N-dealkylation sites (tertiary alicyclic amines) is 1. The number of aliphatic carboxylic acids is 1. The smallest absolute Gasteiger partial charge is 0.317 e. The van der Waals surface area contributed by atoms with Crippen LogP contribution in [-0.4, -0.2) is 41.6 Å². The summed E-state index contributed by atoms with van der Waals surface area (Å²) in [7, 11) is 0. The second-order valence-corrected chi connectivity index (χ2v) is 5.85. The summed E-state index contributed by atoms with van der Waals surface area (Å²) in [5, 5.41) is 12.1. The molecule has 0 bridgehead atoms. The lowest BCUT2D eigenvalue weighted by atomic mass is 9.69. The SMILES string of the molecule is O=C(NCC1(C(=O)O)CCC1)N1CCCCCCC1. The summed E-state index contributed by atoms with van der Waals surface area (Å²) in [6, 6.07) is -0.0885. The third-order valence-corrected chi connectivity index (χ3v) is 4.49. The molecule has 5 nitrogen and oxygen atoms in total. The molecule has 0 aromatic rings. The number of carboxylic acid groups (broad SMARTS) is 1. The second kappa shape index (κ2) is 6.26. The Morgan fingerprint density at radius 2 is 1.58 bits per heavy atom. The van der Waals surface area contributed by atoms with E-state index in [9.17, 15) is 14.7 Å². The monoisotopic (exact) mass is 268 g/mol. The molecule has 2 aliphatic rings. The van der Waals surface area contributed by atoms with E-state index in [0.29, 0.717) is 12.8 Å². The van der Waals surface area contributed by atoms with Gasteiger partial charge in [0.15, 0.2) is 0 Å². The molecule has 0 spiro atoms. The Kier molecular flexibility index (Phi) is 4.66. The predicted molar refractivity (Wildman–Crippen MR) is 72.0 cm³/mol. The van der Waals surface area contributed by atoms with Crippen molar-refractivity contribution in [2.24, 2.45) is 5.41 Å². The van der Waals surface area contributed by atoms with Crippen LogP contribution in [0.25, 0.3) is 0 Å². The van der Waals surface area contributed by atoms with Crippen molar-refractivity contribution < 1.29 is 14.7 Å². The van der Waals surface area contributed by atoms with E-state index < -0.39 is 11.4 Å². The lowest BCUT2D eigenvalue weighted by Gasteiger charge is -2.38. The summed E-state index contributed by atoms with van der Waals surface area (Å²) in [6.45, 7) is 1.87. The van der Waals surface area contributed by atoms with Crippen LogP contribution in [0.3, 0.4) is 0 Å². The van der Waals surface area contributed by atoms with Crippen LogP contribution in [0.4, 0.5) is 4.79 Å². The number of carboxylic acids is 1. The zero-order valence-corrected chi connectivity index (χ0v) is 11.5. The first-order valence-electron chi connectivity index (χ1n) is 7.40. The molecule has 0 aromatic carbocycles. The van der Waals surface area contributed by atoms with E-state index in [-0.39, 0.29) is 12.6 Å². The minimum atomic E-state index is -0.772. The molecule has 1 aliphatic heterocycles. The number of amides is 2. The zero-order chi connectivity index (χ0) is 13.7. The number of nitrogens with one attached hydrogen (secondary N) is 1. The van der Waals surface area contributed by atoms with Gasteiger partial charge in [-0.2, -0.15) is 0 Å². The first kappa shape index (κ1) is 14.2. The molecule has 2 N–H and O–H groups in total.